The lowest BCUT2D eigenvalue weighted by atomic mass is 10.4. The largest absolute Gasteiger partial charge is 0.143 e. The average molecular weight is 296 g/mol. The standard InChI is InChI=1S/2C6H6S.2C2H6.CH3/c2*7-6-4-2-1-3-5-6;2*1-2;/h2*1-5,7H;2*1-2H3;1H3/q;;;;+1. The Kier molecular flexibility index (Phi) is 23.6. The lowest BCUT2D eigenvalue weighted by molar-refractivity contribution is 1.48. The van der Waals surface area contributed by atoms with Crippen molar-refractivity contribution in [2.24, 2.45) is 0 Å². The van der Waals surface area contributed by atoms with Crippen LogP contribution in [0.2, 0.25) is 0 Å². The highest BCUT2D eigenvalue weighted by molar-refractivity contribution is 7.80. The minimum Gasteiger partial charge on any atom is -0.143 e. The van der Waals surface area contributed by atoms with E-state index in [9.17, 15) is 0 Å². The first kappa shape index (κ1) is 23.1. The van der Waals surface area contributed by atoms with Gasteiger partial charge in [-0.15, -0.1) is 25.3 Å². The second-order valence-electron chi connectivity index (χ2n) is 2.67. The minimum atomic E-state index is 0. The first-order valence-electron chi connectivity index (χ1n) is 6.27. The fourth-order valence-corrected chi connectivity index (χ4v) is 1.20. The highest BCUT2D eigenvalue weighted by atomic mass is 32.1. The zero-order valence-electron chi connectivity index (χ0n) is 12.7. The van der Waals surface area contributed by atoms with Crippen LogP contribution in [0.3, 0.4) is 0 Å². The van der Waals surface area contributed by atoms with Gasteiger partial charge in [0.25, 0.3) is 0 Å². The predicted octanol–water partition coefficient (Wildman–Crippen LogP) is 6.45. The molecule has 0 aromatic heterocycles. The van der Waals surface area contributed by atoms with E-state index in [4.69, 9.17) is 0 Å². The van der Waals surface area contributed by atoms with E-state index in [1.165, 1.54) is 0 Å². The van der Waals surface area contributed by atoms with Crippen LogP contribution in [-0.4, -0.2) is 0 Å². The molecule has 0 heterocycles. The number of hydrogen-bond donors (Lipinski definition) is 2. The Morgan fingerprint density at radius 1 is 0.526 bits per heavy atom. The molecule has 0 nitrogen and oxygen atoms in total. The average Bonchev–Trinajstić information content (AvgIpc) is 2.46. The van der Waals surface area contributed by atoms with E-state index >= 15 is 0 Å². The summed E-state index contributed by atoms with van der Waals surface area (Å²) in [5, 5.41) is 0. The van der Waals surface area contributed by atoms with E-state index in [1.54, 1.807) is 0 Å². The molecule has 2 aromatic rings. The van der Waals surface area contributed by atoms with Gasteiger partial charge >= 0.3 is 0 Å². The molecule has 0 N–H and O–H groups in total. The van der Waals surface area contributed by atoms with Gasteiger partial charge in [0.05, 0.1) is 0 Å². The molecule has 0 radical (unpaired) electrons. The van der Waals surface area contributed by atoms with Crippen molar-refractivity contribution in [1.82, 2.24) is 0 Å². The van der Waals surface area contributed by atoms with E-state index in [0.29, 0.717) is 0 Å². The van der Waals surface area contributed by atoms with Gasteiger partial charge in [-0.25, -0.2) is 0 Å². The summed E-state index contributed by atoms with van der Waals surface area (Å²) in [5.41, 5.74) is 0. The van der Waals surface area contributed by atoms with E-state index in [0.717, 1.165) is 9.79 Å². The summed E-state index contributed by atoms with van der Waals surface area (Å²) in [5.74, 6) is 0. The summed E-state index contributed by atoms with van der Waals surface area (Å²) >= 11 is 8.17. The minimum absolute atomic E-state index is 0. The zero-order chi connectivity index (χ0) is 14.2. The lowest BCUT2D eigenvalue weighted by Gasteiger charge is -1.81. The number of benzene rings is 2. The Morgan fingerprint density at radius 3 is 0.842 bits per heavy atom. The van der Waals surface area contributed by atoms with Gasteiger partial charge in [-0.05, 0) is 24.3 Å². The number of thiol groups is 2. The molecule has 2 rings (SSSR count). The van der Waals surface area contributed by atoms with Crippen molar-refractivity contribution >= 4 is 25.3 Å². The van der Waals surface area contributed by atoms with Crippen LogP contribution in [0.4, 0.5) is 0 Å². The highest BCUT2D eigenvalue weighted by Crippen LogP contribution is 2.01. The lowest BCUT2D eigenvalue weighted by Crippen LogP contribution is -1.56. The van der Waals surface area contributed by atoms with Crippen LogP contribution >= 0.6 is 25.3 Å². The third kappa shape index (κ3) is 17.0. The molecular weight excluding hydrogens is 268 g/mol. The molecule has 0 aliphatic rings. The van der Waals surface area contributed by atoms with Gasteiger partial charge in [0.15, 0.2) is 0 Å². The SMILES string of the molecule is CC.CC.Sc1ccccc1.Sc1ccccc1.[CH3+]. The molecule has 106 valence electrons. The highest BCUT2D eigenvalue weighted by Gasteiger charge is 1.73. The van der Waals surface area contributed by atoms with Gasteiger partial charge < -0.3 is 0 Å². The predicted molar refractivity (Wildman–Crippen MR) is 96.5 cm³/mol. The van der Waals surface area contributed by atoms with Gasteiger partial charge in [0.1, 0.15) is 0 Å². The normalized spacial score (nSPS) is 7.05. The van der Waals surface area contributed by atoms with Crippen LogP contribution in [0, 0.1) is 7.43 Å². The molecule has 0 aliphatic carbocycles. The summed E-state index contributed by atoms with van der Waals surface area (Å²) in [7, 11) is 0. The van der Waals surface area contributed by atoms with E-state index < -0.39 is 0 Å². The molecular formula is C17H27S2+. The van der Waals surface area contributed by atoms with E-state index in [2.05, 4.69) is 25.3 Å². The monoisotopic (exact) mass is 295 g/mol. The maximum atomic E-state index is 4.08. The Bertz CT molecular complexity index is 307. The fourth-order valence-electron chi connectivity index (χ4n) is 0.856. The van der Waals surface area contributed by atoms with Crippen molar-refractivity contribution in [2.75, 3.05) is 0 Å². The van der Waals surface area contributed by atoms with Crippen LogP contribution in [0.1, 0.15) is 27.7 Å². The molecule has 0 unspecified atom stereocenters. The summed E-state index contributed by atoms with van der Waals surface area (Å²) in [6.07, 6.45) is 0. The van der Waals surface area contributed by atoms with Crippen LogP contribution in [0.25, 0.3) is 0 Å². The molecule has 19 heavy (non-hydrogen) atoms. The van der Waals surface area contributed by atoms with Crippen molar-refractivity contribution in [3.63, 3.8) is 0 Å². The van der Waals surface area contributed by atoms with E-state index in [-0.39, 0.29) is 7.43 Å². The second-order valence-corrected chi connectivity index (χ2v) is 3.70. The molecule has 0 amide bonds. The third-order valence-corrected chi connectivity index (χ3v) is 2.11. The van der Waals surface area contributed by atoms with Crippen molar-refractivity contribution < 1.29 is 0 Å². The van der Waals surface area contributed by atoms with Crippen LogP contribution < -0.4 is 0 Å². The van der Waals surface area contributed by atoms with Gasteiger partial charge in [0.2, 0.25) is 0 Å². The van der Waals surface area contributed by atoms with Crippen LogP contribution in [0.15, 0.2) is 70.5 Å². The quantitative estimate of drug-likeness (QED) is 0.405. The molecule has 0 saturated carbocycles. The number of rotatable bonds is 0. The molecule has 0 spiro atoms. The van der Waals surface area contributed by atoms with Crippen molar-refractivity contribution in [3.05, 3.63) is 68.1 Å². The molecule has 0 saturated heterocycles. The zero-order valence-corrected chi connectivity index (χ0v) is 14.5. The molecule has 0 fully saturated rings. The Balaban J connectivity index is -0.000000205. The van der Waals surface area contributed by atoms with Crippen LogP contribution in [0.5, 0.6) is 0 Å². The first-order chi connectivity index (χ1) is 8.79. The summed E-state index contributed by atoms with van der Waals surface area (Å²) < 4.78 is 0. The maximum Gasteiger partial charge on any atom is 0.0467 e. The second kappa shape index (κ2) is 19.4. The fraction of sp³-hybridized carbons (Fsp3) is 0.235. The summed E-state index contributed by atoms with van der Waals surface area (Å²) in [6, 6.07) is 19.6. The van der Waals surface area contributed by atoms with Gasteiger partial charge in [-0.3, -0.25) is 0 Å². The Morgan fingerprint density at radius 2 is 0.737 bits per heavy atom. The summed E-state index contributed by atoms with van der Waals surface area (Å²) in [6.45, 7) is 8.00. The number of hydrogen-bond acceptors (Lipinski definition) is 2. The Hall–Kier alpha value is -0.990. The molecule has 0 bridgehead atoms. The Labute approximate surface area is 131 Å². The third-order valence-electron chi connectivity index (χ3n) is 1.51. The molecule has 2 aromatic carbocycles. The van der Waals surface area contributed by atoms with Crippen molar-refractivity contribution in [2.45, 2.75) is 37.5 Å². The first-order valence-corrected chi connectivity index (χ1v) is 7.16. The topological polar surface area (TPSA) is 0 Å². The van der Waals surface area contributed by atoms with Crippen molar-refractivity contribution in [1.29, 1.82) is 0 Å². The van der Waals surface area contributed by atoms with Crippen molar-refractivity contribution in [3.8, 4) is 0 Å². The van der Waals surface area contributed by atoms with Crippen LogP contribution in [-0.2, 0) is 0 Å². The molecule has 0 aliphatic heterocycles. The smallest absolute Gasteiger partial charge is 0.0467 e. The molecule has 0 atom stereocenters. The van der Waals surface area contributed by atoms with E-state index in [1.807, 2.05) is 88.4 Å². The maximum absolute atomic E-state index is 4.08. The molecule has 2 heteroatoms. The van der Waals surface area contributed by atoms with Gasteiger partial charge in [0, 0.05) is 17.2 Å². The van der Waals surface area contributed by atoms with Gasteiger partial charge in [-0.1, -0.05) is 64.1 Å². The van der Waals surface area contributed by atoms with Gasteiger partial charge in [-0.2, -0.15) is 0 Å². The summed E-state index contributed by atoms with van der Waals surface area (Å²) in [4.78, 5) is 2.03.